The van der Waals surface area contributed by atoms with Crippen molar-refractivity contribution in [3.63, 3.8) is 0 Å². The Kier molecular flexibility index (Phi) is 4.81. The Balaban J connectivity index is 1.79. The highest BCUT2D eigenvalue weighted by atomic mass is 35.5. The molecule has 1 amide bonds. The zero-order valence-electron chi connectivity index (χ0n) is 13.3. The first-order valence-corrected chi connectivity index (χ1v) is 7.75. The first-order chi connectivity index (χ1) is 12.1. The van der Waals surface area contributed by atoms with Crippen molar-refractivity contribution in [2.45, 2.75) is 0 Å². The van der Waals surface area contributed by atoms with E-state index in [1.54, 1.807) is 35.1 Å². The van der Waals surface area contributed by atoms with E-state index in [0.717, 1.165) is 5.69 Å². The van der Waals surface area contributed by atoms with Gasteiger partial charge >= 0.3 is 5.97 Å². The summed E-state index contributed by atoms with van der Waals surface area (Å²) < 4.78 is 6.36. The highest BCUT2D eigenvalue weighted by molar-refractivity contribution is 6.34. The predicted molar refractivity (Wildman–Crippen MR) is 94.3 cm³/mol. The number of nitrogens with one attached hydrogen (secondary N) is 1. The zero-order chi connectivity index (χ0) is 17.8. The van der Waals surface area contributed by atoms with E-state index < -0.39 is 5.97 Å². The van der Waals surface area contributed by atoms with E-state index in [-0.39, 0.29) is 5.91 Å². The lowest BCUT2D eigenvalue weighted by atomic mass is 10.1. The van der Waals surface area contributed by atoms with Crippen LogP contribution >= 0.6 is 11.6 Å². The van der Waals surface area contributed by atoms with Crippen molar-refractivity contribution < 1.29 is 14.3 Å². The molecule has 126 valence electrons. The number of carbonyl (C=O) groups excluding carboxylic acids is 2. The van der Waals surface area contributed by atoms with Crippen molar-refractivity contribution in [1.82, 2.24) is 9.78 Å². The molecule has 6 nitrogen and oxygen atoms in total. The molecular formula is C18H14ClN3O3. The fourth-order valence-corrected chi connectivity index (χ4v) is 2.41. The van der Waals surface area contributed by atoms with Gasteiger partial charge < -0.3 is 10.1 Å². The standard InChI is InChI=1S/C18H14ClN3O3/c1-25-18(24)13-5-8-15(19)16(11-13)21-17(23)12-3-6-14(7-4-12)22-10-2-9-20-22/h2-11H,1H3,(H,21,23). The molecule has 0 fully saturated rings. The van der Waals surface area contributed by atoms with Crippen molar-refractivity contribution in [2.24, 2.45) is 0 Å². The third-order valence-corrected chi connectivity index (χ3v) is 3.86. The molecule has 3 rings (SSSR count). The summed E-state index contributed by atoms with van der Waals surface area (Å²) in [6.07, 6.45) is 3.49. The second-order valence-corrected chi connectivity index (χ2v) is 5.55. The molecular weight excluding hydrogens is 342 g/mol. The predicted octanol–water partition coefficient (Wildman–Crippen LogP) is 3.56. The van der Waals surface area contributed by atoms with Gasteiger partial charge in [0.15, 0.2) is 0 Å². The molecule has 0 unspecified atom stereocenters. The number of benzene rings is 2. The van der Waals surface area contributed by atoms with Crippen molar-refractivity contribution >= 4 is 29.2 Å². The van der Waals surface area contributed by atoms with Crippen molar-refractivity contribution in [2.75, 3.05) is 12.4 Å². The van der Waals surface area contributed by atoms with Gasteiger partial charge in [-0.2, -0.15) is 5.10 Å². The van der Waals surface area contributed by atoms with Crippen LogP contribution in [0, 0.1) is 0 Å². The van der Waals surface area contributed by atoms with Gasteiger partial charge in [0.05, 0.1) is 29.1 Å². The third-order valence-electron chi connectivity index (χ3n) is 3.53. The van der Waals surface area contributed by atoms with E-state index in [2.05, 4.69) is 15.2 Å². The molecule has 0 aliphatic carbocycles. The number of hydrogen-bond donors (Lipinski definition) is 1. The lowest BCUT2D eigenvalue weighted by Crippen LogP contribution is -2.13. The summed E-state index contributed by atoms with van der Waals surface area (Å²) >= 11 is 6.09. The van der Waals surface area contributed by atoms with Crippen LogP contribution < -0.4 is 5.32 Å². The minimum Gasteiger partial charge on any atom is -0.465 e. The van der Waals surface area contributed by atoms with E-state index in [9.17, 15) is 9.59 Å². The summed E-state index contributed by atoms with van der Waals surface area (Å²) in [4.78, 5) is 24.0. The molecule has 0 aliphatic rings. The maximum absolute atomic E-state index is 12.4. The van der Waals surface area contributed by atoms with Gasteiger partial charge in [0, 0.05) is 18.0 Å². The molecule has 0 radical (unpaired) electrons. The Morgan fingerprint density at radius 2 is 1.84 bits per heavy atom. The number of anilines is 1. The van der Waals surface area contributed by atoms with Gasteiger partial charge in [0.1, 0.15) is 0 Å². The molecule has 1 heterocycles. The molecule has 0 saturated carbocycles. The lowest BCUT2D eigenvalue weighted by molar-refractivity contribution is 0.0600. The van der Waals surface area contributed by atoms with Crippen LogP contribution in [0.3, 0.4) is 0 Å². The number of hydrogen-bond acceptors (Lipinski definition) is 4. The van der Waals surface area contributed by atoms with Gasteiger partial charge in [-0.15, -0.1) is 0 Å². The van der Waals surface area contributed by atoms with E-state index >= 15 is 0 Å². The Morgan fingerprint density at radius 3 is 2.48 bits per heavy atom. The minimum absolute atomic E-state index is 0.302. The largest absolute Gasteiger partial charge is 0.465 e. The molecule has 0 atom stereocenters. The Bertz CT molecular complexity index is 906. The van der Waals surface area contributed by atoms with Gasteiger partial charge in [-0.1, -0.05) is 11.6 Å². The van der Waals surface area contributed by atoms with Crippen LogP contribution in [0.5, 0.6) is 0 Å². The van der Waals surface area contributed by atoms with E-state index in [4.69, 9.17) is 11.6 Å². The summed E-state index contributed by atoms with van der Waals surface area (Å²) in [6, 6.07) is 13.3. The maximum atomic E-state index is 12.4. The number of nitrogens with zero attached hydrogens (tertiary/aromatic N) is 2. The van der Waals surface area contributed by atoms with E-state index in [1.807, 2.05) is 12.3 Å². The van der Waals surface area contributed by atoms with E-state index in [0.29, 0.717) is 21.8 Å². The first kappa shape index (κ1) is 16.7. The molecule has 0 bridgehead atoms. The summed E-state index contributed by atoms with van der Waals surface area (Å²) in [5.41, 5.74) is 1.93. The molecule has 0 aliphatic heterocycles. The van der Waals surface area contributed by atoms with Gasteiger partial charge in [0.25, 0.3) is 5.91 Å². The summed E-state index contributed by atoms with van der Waals surface area (Å²) in [5, 5.41) is 7.16. The summed E-state index contributed by atoms with van der Waals surface area (Å²) in [6.45, 7) is 0. The molecule has 0 saturated heterocycles. The highest BCUT2D eigenvalue weighted by Gasteiger charge is 2.12. The second kappa shape index (κ2) is 7.19. The zero-order valence-corrected chi connectivity index (χ0v) is 14.0. The van der Waals surface area contributed by atoms with Crippen LogP contribution in [0.4, 0.5) is 5.69 Å². The van der Waals surface area contributed by atoms with Crippen LogP contribution in [0.25, 0.3) is 5.69 Å². The van der Waals surface area contributed by atoms with Gasteiger partial charge in [-0.05, 0) is 48.5 Å². The fraction of sp³-hybridized carbons (Fsp3) is 0.0556. The van der Waals surface area contributed by atoms with Gasteiger partial charge in [-0.3, -0.25) is 4.79 Å². The van der Waals surface area contributed by atoms with Crippen molar-refractivity contribution in [1.29, 1.82) is 0 Å². The normalized spacial score (nSPS) is 10.3. The number of methoxy groups -OCH3 is 1. The number of carbonyl (C=O) groups is 2. The Labute approximate surface area is 149 Å². The van der Waals surface area contributed by atoms with Crippen LogP contribution in [0.15, 0.2) is 60.9 Å². The number of aromatic nitrogens is 2. The van der Waals surface area contributed by atoms with Crippen LogP contribution in [-0.4, -0.2) is 28.8 Å². The van der Waals surface area contributed by atoms with Crippen LogP contribution in [-0.2, 0) is 4.74 Å². The molecule has 3 aromatic rings. The lowest BCUT2D eigenvalue weighted by Gasteiger charge is -2.09. The van der Waals surface area contributed by atoms with Crippen molar-refractivity contribution in [3.05, 3.63) is 77.1 Å². The van der Waals surface area contributed by atoms with E-state index in [1.165, 1.54) is 25.3 Å². The average molecular weight is 356 g/mol. The van der Waals surface area contributed by atoms with Gasteiger partial charge in [-0.25, -0.2) is 9.48 Å². The molecule has 1 N–H and O–H groups in total. The molecule has 1 aromatic heterocycles. The van der Waals surface area contributed by atoms with Crippen LogP contribution in [0.2, 0.25) is 5.02 Å². The SMILES string of the molecule is COC(=O)c1ccc(Cl)c(NC(=O)c2ccc(-n3cccn3)cc2)c1. The minimum atomic E-state index is -0.504. The number of ether oxygens (including phenoxy) is 1. The third kappa shape index (κ3) is 3.70. The smallest absolute Gasteiger partial charge is 0.337 e. The molecule has 0 spiro atoms. The number of rotatable bonds is 4. The number of halogens is 1. The summed E-state index contributed by atoms with van der Waals surface area (Å²) in [7, 11) is 1.29. The second-order valence-electron chi connectivity index (χ2n) is 5.14. The maximum Gasteiger partial charge on any atom is 0.337 e. The summed E-state index contributed by atoms with van der Waals surface area (Å²) in [5.74, 6) is -0.841. The average Bonchev–Trinajstić information content (AvgIpc) is 3.17. The number of esters is 1. The topological polar surface area (TPSA) is 73.2 Å². The Hall–Kier alpha value is -3.12. The van der Waals surface area contributed by atoms with Gasteiger partial charge in [0.2, 0.25) is 0 Å². The molecule has 25 heavy (non-hydrogen) atoms. The Morgan fingerprint density at radius 1 is 1.12 bits per heavy atom. The monoisotopic (exact) mass is 355 g/mol. The van der Waals surface area contributed by atoms with Crippen molar-refractivity contribution in [3.8, 4) is 5.69 Å². The number of amides is 1. The quantitative estimate of drug-likeness (QED) is 0.726. The first-order valence-electron chi connectivity index (χ1n) is 7.38. The molecule has 2 aromatic carbocycles. The highest BCUT2D eigenvalue weighted by Crippen LogP contribution is 2.24. The molecule has 7 heteroatoms. The fourth-order valence-electron chi connectivity index (χ4n) is 2.25. The van der Waals surface area contributed by atoms with Crippen LogP contribution in [0.1, 0.15) is 20.7 Å².